The summed E-state index contributed by atoms with van der Waals surface area (Å²) in [7, 11) is 1.61. The van der Waals surface area contributed by atoms with Crippen molar-refractivity contribution >= 4 is 5.91 Å². The highest BCUT2D eigenvalue weighted by molar-refractivity contribution is 5.94. The molecule has 1 aromatic carbocycles. The molecule has 110 valence electrons. The minimum atomic E-state index is -0.517. The molecule has 2 atom stereocenters. The summed E-state index contributed by atoms with van der Waals surface area (Å²) < 4.78 is 10.2. The molecule has 2 aromatic rings. The van der Waals surface area contributed by atoms with Crippen molar-refractivity contribution in [3.8, 4) is 5.75 Å². The van der Waals surface area contributed by atoms with Gasteiger partial charge in [0.15, 0.2) is 0 Å². The number of amides is 1. The van der Waals surface area contributed by atoms with Crippen LogP contribution in [0.25, 0.3) is 0 Å². The maximum absolute atomic E-state index is 12.5. The van der Waals surface area contributed by atoms with Gasteiger partial charge in [-0.15, -0.1) is 0 Å². The van der Waals surface area contributed by atoms with Crippen LogP contribution in [-0.2, 0) is 0 Å². The van der Waals surface area contributed by atoms with Crippen molar-refractivity contribution < 1.29 is 19.1 Å². The summed E-state index contributed by atoms with van der Waals surface area (Å²) in [6.07, 6.45) is 2.91. The van der Waals surface area contributed by atoms with Crippen LogP contribution in [0.3, 0.4) is 0 Å². The number of methoxy groups -OCH3 is 1. The van der Waals surface area contributed by atoms with Gasteiger partial charge in [0.2, 0.25) is 0 Å². The van der Waals surface area contributed by atoms with Crippen LogP contribution in [-0.4, -0.2) is 35.7 Å². The predicted molar refractivity (Wildman–Crippen MR) is 76.1 cm³/mol. The van der Waals surface area contributed by atoms with Crippen LogP contribution in [0.4, 0.5) is 0 Å². The van der Waals surface area contributed by atoms with Gasteiger partial charge in [0.05, 0.1) is 31.1 Å². The molecule has 1 saturated heterocycles. The number of rotatable bonds is 3. The number of benzene rings is 1. The molecule has 1 N–H and O–H groups in total. The van der Waals surface area contributed by atoms with E-state index in [-0.39, 0.29) is 11.9 Å². The summed E-state index contributed by atoms with van der Waals surface area (Å²) in [6.45, 7) is 0.325. The van der Waals surface area contributed by atoms with Crippen LogP contribution in [0.2, 0.25) is 0 Å². The monoisotopic (exact) mass is 287 g/mol. The Morgan fingerprint density at radius 3 is 3.00 bits per heavy atom. The molecule has 2 heterocycles. The molecule has 5 heteroatoms. The van der Waals surface area contributed by atoms with Crippen LogP contribution >= 0.6 is 0 Å². The first kappa shape index (κ1) is 13.7. The Morgan fingerprint density at radius 2 is 2.29 bits per heavy atom. The third kappa shape index (κ3) is 2.64. The van der Waals surface area contributed by atoms with Crippen molar-refractivity contribution in [2.45, 2.75) is 18.6 Å². The fourth-order valence-corrected chi connectivity index (χ4v) is 2.76. The van der Waals surface area contributed by atoms with Crippen LogP contribution in [0, 0.1) is 0 Å². The highest BCUT2D eigenvalue weighted by atomic mass is 16.5. The van der Waals surface area contributed by atoms with Gasteiger partial charge in [-0.3, -0.25) is 4.79 Å². The van der Waals surface area contributed by atoms with E-state index in [2.05, 4.69) is 0 Å². The van der Waals surface area contributed by atoms with E-state index in [0.717, 1.165) is 11.3 Å². The molecular weight excluding hydrogens is 270 g/mol. The van der Waals surface area contributed by atoms with E-state index in [0.29, 0.717) is 18.5 Å². The number of aliphatic hydroxyl groups is 1. The molecule has 3 rings (SSSR count). The number of β-amino-alcohol motifs (C(OH)–C–C–N with tert-alkyl or cyclic N) is 1. The first-order valence-corrected chi connectivity index (χ1v) is 6.84. The lowest BCUT2D eigenvalue weighted by Crippen LogP contribution is -2.31. The maximum atomic E-state index is 12.5. The zero-order valence-electron chi connectivity index (χ0n) is 11.7. The Balaban J connectivity index is 1.90. The molecule has 1 amide bonds. The predicted octanol–water partition coefficient (Wildman–Crippen LogP) is 2.24. The first-order chi connectivity index (χ1) is 10.2. The summed E-state index contributed by atoms with van der Waals surface area (Å²) in [5.74, 6) is 0.609. The molecule has 1 aliphatic heterocycles. The number of nitrogens with zero attached hydrogens (tertiary/aromatic N) is 1. The van der Waals surface area contributed by atoms with Crippen molar-refractivity contribution in [3.63, 3.8) is 0 Å². The number of carbonyl (C=O) groups excluding carboxylic acids is 1. The molecule has 1 aliphatic rings. The average molecular weight is 287 g/mol. The second-order valence-corrected chi connectivity index (χ2v) is 5.15. The number of ether oxygens (including phenoxy) is 1. The van der Waals surface area contributed by atoms with Crippen molar-refractivity contribution in [1.82, 2.24) is 4.90 Å². The fourth-order valence-electron chi connectivity index (χ4n) is 2.76. The van der Waals surface area contributed by atoms with Gasteiger partial charge in [0.25, 0.3) is 5.91 Å². The normalized spacial score (nSPS) is 21.5. The maximum Gasteiger partial charge on any atom is 0.257 e. The lowest BCUT2D eigenvalue weighted by Gasteiger charge is -2.24. The van der Waals surface area contributed by atoms with Crippen molar-refractivity contribution in [2.24, 2.45) is 0 Å². The topological polar surface area (TPSA) is 62.9 Å². The van der Waals surface area contributed by atoms with Gasteiger partial charge in [-0.25, -0.2) is 0 Å². The average Bonchev–Trinajstić information content (AvgIpc) is 3.16. The number of furan rings is 1. The third-order valence-electron chi connectivity index (χ3n) is 3.79. The smallest absolute Gasteiger partial charge is 0.257 e. The summed E-state index contributed by atoms with van der Waals surface area (Å²) in [4.78, 5) is 14.2. The van der Waals surface area contributed by atoms with Crippen LogP contribution in [0.1, 0.15) is 28.4 Å². The number of hydrogen-bond donors (Lipinski definition) is 1. The molecule has 5 nitrogen and oxygen atoms in total. The van der Waals surface area contributed by atoms with E-state index in [9.17, 15) is 9.90 Å². The SMILES string of the molecule is COc1cccc([C@H]2C[C@@H](O)CN2C(=O)c2ccoc2)c1. The van der Waals surface area contributed by atoms with Gasteiger partial charge in [0.1, 0.15) is 12.0 Å². The Hall–Kier alpha value is -2.27. The van der Waals surface area contributed by atoms with Crippen molar-refractivity contribution in [1.29, 1.82) is 0 Å². The highest BCUT2D eigenvalue weighted by Crippen LogP contribution is 2.34. The van der Waals surface area contributed by atoms with Gasteiger partial charge in [-0.05, 0) is 30.2 Å². The summed E-state index contributed by atoms with van der Waals surface area (Å²) in [5, 5.41) is 9.96. The molecular formula is C16H17NO4. The summed E-state index contributed by atoms with van der Waals surface area (Å²) in [5.41, 5.74) is 1.46. The molecule has 0 unspecified atom stereocenters. The third-order valence-corrected chi connectivity index (χ3v) is 3.79. The summed E-state index contributed by atoms with van der Waals surface area (Å²) in [6, 6.07) is 9.07. The molecule has 1 fully saturated rings. The molecule has 0 radical (unpaired) electrons. The van der Waals surface area contributed by atoms with Crippen LogP contribution in [0.5, 0.6) is 5.75 Å². The zero-order valence-corrected chi connectivity index (χ0v) is 11.7. The van der Waals surface area contributed by atoms with Crippen LogP contribution < -0.4 is 4.74 Å². The zero-order chi connectivity index (χ0) is 14.8. The van der Waals surface area contributed by atoms with E-state index in [4.69, 9.17) is 9.15 Å². The molecule has 0 aliphatic carbocycles. The Kier molecular flexibility index (Phi) is 3.66. The van der Waals surface area contributed by atoms with Crippen molar-refractivity contribution in [3.05, 3.63) is 54.0 Å². The van der Waals surface area contributed by atoms with Gasteiger partial charge in [-0.1, -0.05) is 12.1 Å². The van der Waals surface area contributed by atoms with E-state index < -0.39 is 6.10 Å². The number of aliphatic hydroxyl groups excluding tert-OH is 1. The molecule has 0 saturated carbocycles. The quantitative estimate of drug-likeness (QED) is 0.940. The Labute approximate surface area is 122 Å². The van der Waals surface area contributed by atoms with Gasteiger partial charge >= 0.3 is 0 Å². The van der Waals surface area contributed by atoms with E-state index >= 15 is 0 Å². The van der Waals surface area contributed by atoms with Crippen molar-refractivity contribution in [2.75, 3.05) is 13.7 Å². The minimum absolute atomic E-state index is 0.131. The van der Waals surface area contributed by atoms with E-state index in [1.54, 1.807) is 18.1 Å². The second-order valence-electron chi connectivity index (χ2n) is 5.15. The second kappa shape index (κ2) is 5.61. The Bertz CT molecular complexity index is 623. The fraction of sp³-hybridized carbons (Fsp3) is 0.312. The highest BCUT2D eigenvalue weighted by Gasteiger charge is 2.36. The van der Waals surface area contributed by atoms with Gasteiger partial charge in [0, 0.05) is 6.54 Å². The number of hydrogen-bond acceptors (Lipinski definition) is 4. The first-order valence-electron chi connectivity index (χ1n) is 6.84. The van der Waals surface area contributed by atoms with E-state index in [1.807, 2.05) is 24.3 Å². The molecule has 21 heavy (non-hydrogen) atoms. The van der Waals surface area contributed by atoms with Gasteiger partial charge in [-0.2, -0.15) is 0 Å². The summed E-state index contributed by atoms with van der Waals surface area (Å²) >= 11 is 0. The van der Waals surface area contributed by atoms with E-state index in [1.165, 1.54) is 12.5 Å². The minimum Gasteiger partial charge on any atom is -0.497 e. The number of carbonyl (C=O) groups is 1. The molecule has 1 aromatic heterocycles. The van der Waals surface area contributed by atoms with Gasteiger partial charge < -0.3 is 19.2 Å². The standard InChI is InChI=1S/C16H17NO4/c1-20-14-4-2-3-11(7-14)15-8-13(18)9-17(15)16(19)12-5-6-21-10-12/h2-7,10,13,15,18H,8-9H2,1H3/t13-,15-/m1/s1. The Morgan fingerprint density at radius 1 is 1.43 bits per heavy atom. The lowest BCUT2D eigenvalue weighted by atomic mass is 10.0. The largest absolute Gasteiger partial charge is 0.497 e. The molecule has 0 spiro atoms. The molecule has 0 bridgehead atoms. The van der Waals surface area contributed by atoms with Crippen LogP contribution in [0.15, 0.2) is 47.3 Å². The lowest BCUT2D eigenvalue weighted by molar-refractivity contribution is 0.0715. The number of likely N-dealkylation sites (tertiary alicyclic amines) is 1.